The van der Waals surface area contributed by atoms with Crippen LogP contribution in [0.5, 0.6) is 0 Å². The first kappa shape index (κ1) is 12.2. The smallest absolute Gasteiger partial charge is 0.120 e. The van der Waals surface area contributed by atoms with Crippen LogP contribution in [0.2, 0.25) is 0 Å². The second-order valence-electron chi connectivity index (χ2n) is 5.94. The Hall–Kier alpha value is -0.800. The average Bonchev–Trinajstić information content (AvgIpc) is 3.00. The minimum atomic E-state index is 0.712. The molecule has 2 fully saturated rings. The van der Waals surface area contributed by atoms with Gasteiger partial charge in [-0.25, -0.2) is 0 Å². The molecule has 1 aromatic heterocycles. The molecule has 3 rings (SSSR count). The zero-order chi connectivity index (χ0) is 12.5. The van der Waals surface area contributed by atoms with Crippen molar-refractivity contribution in [2.45, 2.75) is 64.7 Å². The van der Waals surface area contributed by atoms with Crippen LogP contribution in [0.25, 0.3) is 0 Å². The summed E-state index contributed by atoms with van der Waals surface area (Å²) in [5, 5.41) is 3.52. The SMILES string of the molecule is Cc1cc(CN2CCCC2C)oc1CNC1CC1. The van der Waals surface area contributed by atoms with Crippen molar-refractivity contribution in [1.29, 1.82) is 0 Å². The lowest BCUT2D eigenvalue weighted by atomic mass is 10.2. The Labute approximate surface area is 110 Å². The van der Waals surface area contributed by atoms with Crippen LogP contribution < -0.4 is 5.32 Å². The van der Waals surface area contributed by atoms with Gasteiger partial charge in [0.1, 0.15) is 11.5 Å². The molecule has 1 aromatic rings. The second kappa shape index (κ2) is 5.06. The van der Waals surface area contributed by atoms with Crippen molar-refractivity contribution < 1.29 is 4.42 Å². The van der Waals surface area contributed by atoms with Gasteiger partial charge in [-0.05, 0) is 57.7 Å². The summed E-state index contributed by atoms with van der Waals surface area (Å²) in [6.07, 6.45) is 5.32. The Morgan fingerprint density at radius 2 is 2.22 bits per heavy atom. The van der Waals surface area contributed by atoms with Gasteiger partial charge in [-0.1, -0.05) is 0 Å². The molecule has 0 aromatic carbocycles. The second-order valence-corrected chi connectivity index (χ2v) is 5.94. The van der Waals surface area contributed by atoms with Gasteiger partial charge in [0.2, 0.25) is 0 Å². The molecule has 1 N–H and O–H groups in total. The molecule has 0 spiro atoms. The highest BCUT2D eigenvalue weighted by molar-refractivity contribution is 5.20. The number of likely N-dealkylation sites (tertiary alicyclic amines) is 1. The Bertz CT molecular complexity index is 409. The topological polar surface area (TPSA) is 28.4 Å². The van der Waals surface area contributed by atoms with Gasteiger partial charge >= 0.3 is 0 Å². The van der Waals surface area contributed by atoms with Gasteiger partial charge in [-0.15, -0.1) is 0 Å². The molecule has 1 saturated carbocycles. The van der Waals surface area contributed by atoms with E-state index >= 15 is 0 Å². The van der Waals surface area contributed by atoms with Gasteiger partial charge in [0.05, 0.1) is 13.1 Å². The van der Waals surface area contributed by atoms with Crippen LogP contribution in [0.3, 0.4) is 0 Å². The van der Waals surface area contributed by atoms with Gasteiger partial charge in [0.25, 0.3) is 0 Å². The Morgan fingerprint density at radius 1 is 1.39 bits per heavy atom. The summed E-state index contributed by atoms with van der Waals surface area (Å²) in [6, 6.07) is 3.68. The number of hydrogen-bond donors (Lipinski definition) is 1. The maximum absolute atomic E-state index is 6.00. The lowest BCUT2D eigenvalue weighted by Gasteiger charge is -2.19. The molecule has 1 unspecified atom stereocenters. The highest BCUT2D eigenvalue weighted by Crippen LogP contribution is 2.24. The van der Waals surface area contributed by atoms with Crippen molar-refractivity contribution >= 4 is 0 Å². The van der Waals surface area contributed by atoms with E-state index in [9.17, 15) is 0 Å². The molecule has 2 aliphatic rings. The summed E-state index contributed by atoms with van der Waals surface area (Å²) in [4.78, 5) is 2.52. The highest BCUT2D eigenvalue weighted by Gasteiger charge is 2.23. The number of hydrogen-bond acceptors (Lipinski definition) is 3. The minimum absolute atomic E-state index is 0.712. The maximum Gasteiger partial charge on any atom is 0.120 e. The van der Waals surface area contributed by atoms with Crippen molar-refractivity contribution in [3.05, 3.63) is 23.2 Å². The molecule has 0 amide bonds. The van der Waals surface area contributed by atoms with Crippen molar-refractivity contribution in [3.63, 3.8) is 0 Å². The largest absolute Gasteiger partial charge is 0.463 e. The Balaban J connectivity index is 1.59. The first-order valence-electron chi connectivity index (χ1n) is 7.28. The summed E-state index contributed by atoms with van der Waals surface area (Å²) >= 11 is 0. The molecule has 1 aliphatic carbocycles. The summed E-state index contributed by atoms with van der Waals surface area (Å²) in [5.41, 5.74) is 1.30. The third-order valence-corrected chi connectivity index (χ3v) is 4.25. The van der Waals surface area contributed by atoms with Gasteiger partial charge < -0.3 is 9.73 Å². The van der Waals surface area contributed by atoms with E-state index < -0.39 is 0 Å². The van der Waals surface area contributed by atoms with Crippen LogP contribution in [0.4, 0.5) is 0 Å². The minimum Gasteiger partial charge on any atom is -0.463 e. The van der Waals surface area contributed by atoms with Gasteiger partial charge in [-0.2, -0.15) is 0 Å². The molecule has 18 heavy (non-hydrogen) atoms. The zero-order valence-corrected chi connectivity index (χ0v) is 11.5. The molecule has 100 valence electrons. The van der Waals surface area contributed by atoms with Gasteiger partial charge in [0.15, 0.2) is 0 Å². The van der Waals surface area contributed by atoms with E-state index in [0.717, 1.165) is 30.7 Å². The lowest BCUT2D eigenvalue weighted by molar-refractivity contribution is 0.235. The number of furan rings is 1. The summed E-state index contributed by atoms with van der Waals surface area (Å²) < 4.78 is 6.00. The Kier molecular flexibility index (Phi) is 3.44. The van der Waals surface area contributed by atoms with Crippen LogP contribution in [0, 0.1) is 6.92 Å². The van der Waals surface area contributed by atoms with E-state index in [0.29, 0.717) is 6.04 Å². The predicted octanol–water partition coefficient (Wildman–Crippen LogP) is 2.82. The number of nitrogens with one attached hydrogen (secondary N) is 1. The standard InChI is InChI=1S/C15H24N2O/c1-11-8-14(10-17-7-3-4-12(17)2)18-15(11)9-16-13-5-6-13/h8,12-13,16H,3-7,9-10H2,1-2H3. The summed E-state index contributed by atoms with van der Waals surface area (Å²) in [5.74, 6) is 2.26. The van der Waals surface area contributed by atoms with Crippen LogP contribution in [0.15, 0.2) is 10.5 Å². The normalized spacial score (nSPS) is 24.9. The summed E-state index contributed by atoms with van der Waals surface area (Å²) in [6.45, 7) is 7.57. The predicted molar refractivity (Wildman–Crippen MR) is 72.4 cm³/mol. The number of rotatable bonds is 5. The first-order valence-corrected chi connectivity index (χ1v) is 7.28. The van der Waals surface area contributed by atoms with E-state index in [1.165, 1.54) is 37.8 Å². The van der Waals surface area contributed by atoms with E-state index in [1.54, 1.807) is 0 Å². The third kappa shape index (κ3) is 2.78. The van der Waals surface area contributed by atoms with Crippen LogP contribution >= 0.6 is 0 Å². The fourth-order valence-corrected chi connectivity index (χ4v) is 2.80. The quantitative estimate of drug-likeness (QED) is 0.868. The summed E-state index contributed by atoms with van der Waals surface area (Å²) in [7, 11) is 0. The fraction of sp³-hybridized carbons (Fsp3) is 0.733. The molecule has 0 radical (unpaired) electrons. The van der Waals surface area contributed by atoms with Crippen molar-refractivity contribution in [2.75, 3.05) is 6.54 Å². The highest BCUT2D eigenvalue weighted by atomic mass is 16.3. The molecule has 1 saturated heterocycles. The van der Waals surface area contributed by atoms with Crippen LogP contribution in [-0.2, 0) is 13.1 Å². The van der Waals surface area contributed by atoms with Crippen LogP contribution in [0.1, 0.15) is 49.7 Å². The molecular weight excluding hydrogens is 224 g/mol. The third-order valence-electron chi connectivity index (χ3n) is 4.25. The first-order chi connectivity index (χ1) is 8.72. The average molecular weight is 248 g/mol. The molecule has 0 bridgehead atoms. The van der Waals surface area contributed by atoms with E-state index in [-0.39, 0.29) is 0 Å². The Morgan fingerprint density at radius 3 is 2.89 bits per heavy atom. The fourth-order valence-electron chi connectivity index (χ4n) is 2.80. The van der Waals surface area contributed by atoms with E-state index in [2.05, 4.69) is 30.1 Å². The van der Waals surface area contributed by atoms with Gasteiger partial charge in [0, 0.05) is 12.1 Å². The molecule has 3 heteroatoms. The number of aryl methyl sites for hydroxylation is 1. The van der Waals surface area contributed by atoms with Crippen molar-refractivity contribution in [1.82, 2.24) is 10.2 Å². The van der Waals surface area contributed by atoms with Crippen molar-refractivity contribution in [2.24, 2.45) is 0 Å². The van der Waals surface area contributed by atoms with Crippen LogP contribution in [-0.4, -0.2) is 23.5 Å². The van der Waals surface area contributed by atoms with Gasteiger partial charge in [-0.3, -0.25) is 4.90 Å². The maximum atomic E-state index is 6.00. The monoisotopic (exact) mass is 248 g/mol. The zero-order valence-electron chi connectivity index (χ0n) is 11.5. The van der Waals surface area contributed by atoms with E-state index in [1.807, 2.05) is 0 Å². The van der Waals surface area contributed by atoms with Crippen molar-refractivity contribution in [3.8, 4) is 0 Å². The molecule has 3 nitrogen and oxygen atoms in total. The lowest BCUT2D eigenvalue weighted by Crippen LogP contribution is -2.25. The molecule has 1 aliphatic heterocycles. The molecular formula is C15H24N2O. The molecule has 1 atom stereocenters. The molecule has 2 heterocycles. The van der Waals surface area contributed by atoms with E-state index in [4.69, 9.17) is 4.42 Å². The number of nitrogens with zero attached hydrogens (tertiary/aromatic N) is 1.